The van der Waals surface area contributed by atoms with Crippen LogP contribution in [0.2, 0.25) is 0 Å². The summed E-state index contributed by atoms with van der Waals surface area (Å²) in [5.74, 6) is -1.29. The molecule has 3 aromatic rings. The number of ketones is 1. The number of pyridine rings is 1. The Bertz CT molecular complexity index is 951. The minimum atomic E-state index is -0.586. The standard InChI is InChI=1S/C21H15FN2O2/c22-19-6-2-1-5-18(19)21(26)24-17-10-8-16(9-11-17)20(25)12-7-15-4-3-13-23-14-15/h1-14H,(H,24,26). The Morgan fingerprint density at radius 2 is 1.73 bits per heavy atom. The van der Waals surface area contributed by atoms with Crippen molar-refractivity contribution in [3.8, 4) is 0 Å². The Labute approximate surface area is 150 Å². The third-order valence-corrected chi connectivity index (χ3v) is 3.66. The lowest BCUT2D eigenvalue weighted by molar-refractivity contribution is 0.102. The molecular weight excluding hydrogens is 331 g/mol. The number of benzene rings is 2. The zero-order valence-corrected chi connectivity index (χ0v) is 13.7. The number of aromatic nitrogens is 1. The molecule has 1 aromatic heterocycles. The molecule has 1 N–H and O–H groups in total. The van der Waals surface area contributed by atoms with Gasteiger partial charge in [0.25, 0.3) is 5.91 Å². The highest BCUT2D eigenvalue weighted by atomic mass is 19.1. The molecule has 0 bridgehead atoms. The molecule has 0 saturated carbocycles. The van der Waals surface area contributed by atoms with Crippen molar-refractivity contribution in [2.45, 2.75) is 0 Å². The molecule has 0 unspecified atom stereocenters. The number of nitrogens with zero attached hydrogens (tertiary/aromatic N) is 1. The summed E-state index contributed by atoms with van der Waals surface area (Å²) in [4.78, 5) is 28.2. The molecule has 5 heteroatoms. The highest BCUT2D eigenvalue weighted by Crippen LogP contribution is 2.14. The molecule has 1 amide bonds. The maximum absolute atomic E-state index is 13.6. The molecule has 0 spiro atoms. The largest absolute Gasteiger partial charge is 0.322 e. The number of rotatable bonds is 5. The van der Waals surface area contributed by atoms with Crippen LogP contribution in [-0.4, -0.2) is 16.7 Å². The second-order valence-corrected chi connectivity index (χ2v) is 5.50. The highest BCUT2D eigenvalue weighted by molar-refractivity contribution is 6.08. The molecule has 4 nitrogen and oxygen atoms in total. The van der Waals surface area contributed by atoms with Crippen LogP contribution < -0.4 is 5.32 Å². The zero-order valence-electron chi connectivity index (χ0n) is 13.7. The van der Waals surface area contributed by atoms with Gasteiger partial charge in [0.05, 0.1) is 5.56 Å². The molecule has 2 aromatic carbocycles. The number of hydrogen-bond donors (Lipinski definition) is 1. The molecule has 26 heavy (non-hydrogen) atoms. The van der Waals surface area contributed by atoms with Crippen molar-refractivity contribution < 1.29 is 14.0 Å². The van der Waals surface area contributed by atoms with E-state index in [1.165, 1.54) is 24.3 Å². The lowest BCUT2D eigenvalue weighted by atomic mass is 10.1. The van der Waals surface area contributed by atoms with Gasteiger partial charge >= 0.3 is 0 Å². The van der Waals surface area contributed by atoms with Crippen molar-refractivity contribution in [3.05, 3.63) is 102 Å². The fourth-order valence-electron chi connectivity index (χ4n) is 2.30. The number of allylic oxidation sites excluding steroid dienone is 1. The Morgan fingerprint density at radius 3 is 2.42 bits per heavy atom. The Hall–Kier alpha value is -3.60. The van der Waals surface area contributed by atoms with E-state index in [-0.39, 0.29) is 11.3 Å². The molecule has 128 valence electrons. The molecule has 0 saturated heterocycles. The second kappa shape index (κ2) is 7.98. The van der Waals surface area contributed by atoms with Crippen LogP contribution >= 0.6 is 0 Å². The van der Waals surface area contributed by atoms with Gasteiger partial charge < -0.3 is 5.32 Å². The van der Waals surface area contributed by atoms with Crippen LogP contribution in [0.3, 0.4) is 0 Å². The molecular formula is C21H15FN2O2. The van der Waals surface area contributed by atoms with E-state index in [1.54, 1.807) is 54.9 Å². The molecule has 1 heterocycles. The van der Waals surface area contributed by atoms with Gasteiger partial charge in [-0.3, -0.25) is 14.6 Å². The van der Waals surface area contributed by atoms with Gasteiger partial charge in [-0.15, -0.1) is 0 Å². The quantitative estimate of drug-likeness (QED) is 0.551. The number of nitrogens with one attached hydrogen (secondary N) is 1. The molecule has 3 rings (SSSR count). The summed E-state index contributed by atoms with van der Waals surface area (Å²) in [7, 11) is 0. The van der Waals surface area contributed by atoms with Crippen molar-refractivity contribution in [1.29, 1.82) is 0 Å². The van der Waals surface area contributed by atoms with Crippen molar-refractivity contribution in [3.63, 3.8) is 0 Å². The zero-order chi connectivity index (χ0) is 18.4. The average Bonchev–Trinajstić information content (AvgIpc) is 2.68. The third kappa shape index (κ3) is 4.27. The minimum absolute atomic E-state index is 0.0351. The van der Waals surface area contributed by atoms with Gasteiger partial charge in [0.15, 0.2) is 5.78 Å². The number of halogens is 1. The van der Waals surface area contributed by atoms with Gasteiger partial charge in [0, 0.05) is 23.6 Å². The Morgan fingerprint density at radius 1 is 0.962 bits per heavy atom. The summed E-state index contributed by atoms with van der Waals surface area (Å²) in [6.45, 7) is 0. The first-order valence-corrected chi connectivity index (χ1v) is 7.92. The SMILES string of the molecule is O=C(C=Cc1cccnc1)c1ccc(NC(=O)c2ccccc2F)cc1. The Kier molecular flexibility index (Phi) is 5.29. The van der Waals surface area contributed by atoms with E-state index in [1.807, 2.05) is 6.07 Å². The predicted octanol–water partition coefficient (Wildman–Crippen LogP) is 4.37. The molecule has 0 aliphatic heterocycles. The van der Waals surface area contributed by atoms with Gasteiger partial charge in [0.1, 0.15) is 5.82 Å². The fourth-order valence-corrected chi connectivity index (χ4v) is 2.30. The van der Waals surface area contributed by atoms with Gasteiger partial charge in [-0.2, -0.15) is 0 Å². The molecule has 0 fully saturated rings. The van der Waals surface area contributed by atoms with Gasteiger partial charge in [-0.25, -0.2) is 4.39 Å². The van der Waals surface area contributed by atoms with E-state index in [0.29, 0.717) is 11.3 Å². The Balaban J connectivity index is 1.67. The monoisotopic (exact) mass is 346 g/mol. The molecule has 0 atom stereocenters. The summed E-state index contributed by atoms with van der Waals surface area (Å²) in [5.41, 5.74) is 1.75. The first kappa shape index (κ1) is 17.2. The highest BCUT2D eigenvalue weighted by Gasteiger charge is 2.11. The van der Waals surface area contributed by atoms with Crippen molar-refractivity contribution >= 4 is 23.5 Å². The van der Waals surface area contributed by atoms with Crippen LogP contribution in [0.15, 0.2) is 79.1 Å². The number of amides is 1. The smallest absolute Gasteiger partial charge is 0.258 e. The van der Waals surface area contributed by atoms with Gasteiger partial charge in [-0.1, -0.05) is 18.2 Å². The topological polar surface area (TPSA) is 59.1 Å². The van der Waals surface area contributed by atoms with E-state index in [2.05, 4.69) is 10.3 Å². The second-order valence-electron chi connectivity index (χ2n) is 5.50. The van der Waals surface area contributed by atoms with Crippen molar-refractivity contribution in [2.75, 3.05) is 5.32 Å². The van der Waals surface area contributed by atoms with E-state index in [0.717, 1.165) is 5.56 Å². The number of anilines is 1. The minimum Gasteiger partial charge on any atom is -0.322 e. The maximum atomic E-state index is 13.6. The lowest BCUT2D eigenvalue weighted by Gasteiger charge is -2.06. The lowest BCUT2D eigenvalue weighted by Crippen LogP contribution is -2.13. The predicted molar refractivity (Wildman–Crippen MR) is 98.4 cm³/mol. The van der Waals surface area contributed by atoms with E-state index >= 15 is 0 Å². The van der Waals surface area contributed by atoms with Crippen LogP contribution in [-0.2, 0) is 0 Å². The first-order chi connectivity index (χ1) is 12.6. The third-order valence-electron chi connectivity index (χ3n) is 3.66. The van der Waals surface area contributed by atoms with Gasteiger partial charge in [-0.05, 0) is 60.2 Å². The summed E-state index contributed by atoms with van der Waals surface area (Å²) >= 11 is 0. The number of carbonyl (C=O) groups excluding carboxylic acids is 2. The average molecular weight is 346 g/mol. The maximum Gasteiger partial charge on any atom is 0.258 e. The van der Waals surface area contributed by atoms with E-state index < -0.39 is 11.7 Å². The summed E-state index contributed by atoms with van der Waals surface area (Å²) < 4.78 is 13.6. The normalized spacial score (nSPS) is 10.7. The summed E-state index contributed by atoms with van der Waals surface area (Å²) in [6.07, 6.45) is 6.46. The van der Waals surface area contributed by atoms with E-state index in [9.17, 15) is 14.0 Å². The summed E-state index contributed by atoms with van der Waals surface area (Å²) in [5, 5.41) is 2.61. The fraction of sp³-hybridized carbons (Fsp3) is 0. The van der Waals surface area contributed by atoms with Crippen LogP contribution in [0, 0.1) is 5.82 Å². The van der Waals surface area contributed by atoms with Crippen LogP contribution in [0.1, 0.15) is 26.3 Å². The van der Waals surface area contributed by atoms with Crippen LogP contribution in [0.5, 0.6) is 0 Å². The molecule has 0 aliphatic carbocycles. The van der Waals surface area contributed by atoms with Crippen molar-refractivity contribution in [1.82, 2.24) is 4.98 Å². The molecule has 0 aliphatic rings. The van der Waals surface area contributed by atoms with Gasteiger partial charge in [0.2, 0.25) is 0 Å². The summed E-state index contributed by atoms with van der Waals surface area (Å²) in [6, 6.07) is 15.8. The van der Waals surface area contributed by atoms with Crippen LogP contribution in [0.4, 0.5) is 10.1 Å². The first-order valence-electron chi connectivity index (χ1n) is 7.92. The number of carbonyl (C=O) groups is 2. The number of hydrogen-bond acceptors (Lipinski definition) is 3. The van der Waals surface area contributed by atoms with Crippen LogP contribution in [0.25, 0.3) is 6.08 Å². The van der Waals surface area contributed by atoms with Crippen molar-refractivity contribution in [2.24, 2.45) is 0 Å². The van der Waals surface area contributed by atoms with E-state index in [4.69, 9.17) is 0 Å². The molecule has 0 radical (unpaired) electrons.